The number of aliphatic hydroxyl groups is 5. The van der Waals surface area contributed by atoms with E-state index in [1.165, 1.54) is 5.57 Å². The van der Waals surface area contributed by atoms with Crippen molar-refractivity contribution in [2.24, 2.45) is 50.2 Å². The molecule has 250 valence electrons. The number of ether oxygens (including phenoxy) is 2. The molecule has 15 unspecified atom stereocenters. The van der Waals surface area contributed by atoms with E-state index < -0.39 is 53.1 Å². The zero-order valence-electron chi connectivity index (χ0n) is 28.2. The molecule has 5 aliphatic carbocycles. The number of rotatable bonds is 3. The van der Waals surface area contributed by atoms with Crippen LogP contribution in [0, 0.1) is 50.2 Å². The Morgan fingerprint density at radius 3 is 2.23 bits per heavy atom. The lowest BCUT2D eigenvalue weighted by Gasteiger charge is -2.71. The summed E-state index contributed by atoms with van der Waals surface area (Å²) in [5.41, 5.74) is -0.885. The van der Waals surface area contributed by atoms with Gasteiger partial charge in [0.2, 0.25) is 0 Å². The highest BCUT2D eigenvalue weighted by atomic mass is 16.7. The number of hydrogen-bond acceptors (Lipinski definition) is 8. The molecule has 1 saturated heterocycles. The van der Waals surface area contributed by atoms with Crippen LogP contribution in [-0.4, -0.2) is 80.8 Å². The molecule has 8 nitrogen and oxygen atoms in total. The quantitative estimate of drug-likeness (QED) is 0.298. The van der Waals surface area contributed by atoms with E-state index in [0.717, 1.165) is 32.1 Å². The minimum Gasteiger partial charge on any atom is -0.396 e. The second-order valence-electron chi connectivity index (χ2n) is 17.8. The minimum absolute atomic E-state index is 0.0276. The second-order valence-corrected chi connectivity index (χ2v) is 17.8. The van der Waals surface area contributed by atoms with Crippen LogP contribution in [0.4, 0.5) is 0 Å². The van der Waals surface area contributed by atoms with Crippen molar-refractivity contribution in [2.45, 2.75) is 150 Å². The van der Waals surface area contributed by atoms with Crippen LogP contribution in [0.5, 0.6) is 0 Å². The van der Waals surface area contributed by atoms with Gasteiger partial charge in [-0.15, -0.1) is 0 Å². The SMILES string of the molecule is CC1OC(OC2CC(C)(C)CC3C4=CCC5C6(C)CCC(O)C(C)(CO)C6CCC5(C)C4(C)C(=O)CC23C)C(O)C(O)C1O. The molecule has 44 heavy (non-hydrogen) atoms. The van der Waals surface area contributed by atoms with Gasteiger partial charge in [0.15, 0.2) is 6.29 Å². The van der Waals surface area contributed by atoms with E-state index in [1.54, 1.807) is 6.92 Å². The van der Waals surface area contributed by atoms with Gasteiger partial charge in [0.25, 0.3) is 0 Å². The molecular weight excluding hydrogens is 560 g/mol. The van der Waals surface area contributed by atoms with Crippen molar-refractivity contribution < 1.29 is 39.8 Å². The first-order valence-electron chi connectivity index (χ1n) is 17.2. The van der Waals surface area contributed by atoms with E-state index in [9.17, 15) is 30.3 Å². The summed E-state index contributed by atoms with van der Waals surface area (Å²) in [5.74, 6) is 0.804. The predicted molar refractivity (Wildman–Crippen MR) is 165 cm³/mol. The van der Waals surface area contributed by atoms with Gasteiger partial charge < -0.3 is 35.0 Å². The minimum atomic E-state index is -1.39. The first kappa shape index (κ1) is 33.0. The average Bonchev–Trinajstić information content (AvgIpc) is 2.95. The van der Waals surface area contributed by atoms with Crippen LogP contribution in [0.2, 0.25) is 0 Å². The normalized spacial score (nSPS) is 56.9. The highest BCUT2D eigenvalue weighted by Crippen LogP contribution is 2.75. The first-order valence-corrected chi connectivity index (χ1v) is 17.2. The largest absolute Gasteiger partial charge is 0.396 e. The fourth-order valence-electron chi connectivity index (χ4n) is 12.0. The molecule has 0 amide bonds. The van der Waals surface area contributed by atoms with Crippen molar-refractivity contribution in [1.82, 2.24) is 0 Å². The highest BCUT2D eigenvalue weighted by Gasteiger charge is 2.71. The maximum absolute atomic E-state index is 14.9. The second kappa shape index (κ2) is 10.3. The molecule has 8 heteroatoms. The van der Waals surface area contributed by atoms with Gasteiger partial charge in [-0.1, -0.05) is 53.2 Å². The topological polar surface area (TPSA) is 137 Å². The Kier molecular flexibility index (Phi) is 7.75. The Labute approximate surface area is 263 Å². The van der Waals surface area contributed by atoms with E-state index in [2.05, 4.69) is 54.5 Å². The van der Waals surface area contributed by atoms with Crippen LogP contribution >= 0.6 is 0 Å². The summed E-state index contributed by atoms with van der Waals surface area (Å²) >= 11 is 0. The summed E-state index contributed by atoms with van der Waals surface area (Å²) in [7, 11) is 0. The van der Waals surface area contributed by atoms with Gasteiger partial charge in [-0.05, 0) is 92.8 Å². The lowest BCUT2D eigenvalue weighted by molar-refractivity contribution is -0.321. The number of carbonyl (C=O) groups is 1. The van der Waals surface area contributed by atoms with Gasteiger partial charge in [0.05, 0.1) is 30.3 Å². The van der Waals surface area contributed by atoms with Gasteiger partial charge >= 0.3 is 0 Å². The van der Waals surface area contributed by atoms with Crippen molar-refractivity contribution in [2.75, 3.05) is 6.61 Å². The van der Waals surface area contributed by atoms with Crippen LogP contribution < -0.4 is 0 Å². The fourth-order valence-corrected chi connectivity index (χ4v) is 12.0. The van der Waals surface area contributed by atoms with Gasteiger partial charge in [0.1, 0.15) is 24.1 Å². The average molecular weight is 619 g/mol. The number of fused-ring (bicyclic) bond motifs is 7. The third-order valence-electron chi connectivity index (χ3n) is 15.1. The van der Waals surface area contributed by atoms with Crippen molar-refractivity contribution in [1.29, 1.82) is 0 Å². The van der Waals surface area contributed by atoms with Crippen LogP contribution in [-0.2, 0) is 14.3 Å². The van der Waals surface area contributed by atoms with Gasteiger partial charge in [-0.25, -0.2) is 0 Å². The Bertz CT molecular complexity index is 1200. The fraction of sp³-hybridized carbons (Fsp3) is 0.917. The zero-order chi connectivity index (χ0) is 32.4. The van der Waals surface area contributed by atoms with Crippen molar-refractivity contribution in [3.8, 4) is 0 Å². The number of ketones is 1. The molecular formula is C36H58O8. The Balaban J connectivity index is 1.38. The van der Waals surface area contributed by atoms with E-state index in [0.29, 0.717) is 19.3 Å². The standard InChI is InChI=1S/C36H58O8/c1-19-27(40)28(41)29(42)30(43-19)44-26-17-31(2,3)15-21-20-9-10-23-32(4)13-12-24(38)34(6,18-37)22(32)11-14-35(23,7)36(20,8)25(39)16-33(21,26)5/h9,19,21-24,26-30,37-38,40-42H,10-18H2,1-8H3. The molecule has 0 aromatic rings. The molecule has 15 atom stereocenters. The molecule has 6 rings (SSSR count). The summed E-state index contributed by atoms with van der Waals surface area (Å²) in [6, 6.07) is 0. The zero-order valence-corrected chi connectivity index (χ0v) is 28.2. The number of allylic oxidation sites excluding steroid dienone is 2. The molecule has 6 aliphatic rings. The van der Waals surface area contributed by atoms with Crippen LogP contribution in [0.15, 0.2) is 11.6 Å². The molecule has 0 bridgehead atoms. The smallest absolute Gasteiger partial charge is 0.186 e. The van der Waals surface area contributed by atoms with Gasteiger partial charge in [-0.2, -0.15) is 0 Å². The number of carbonyl (C=O) groups excluding carboxylic acids is 1. The van der Waals surface area contributed by atoms with Crippen molar-refractivity contribution >= 4 is 5.78 Å². The van der Waals surface area contributed by atoms with Gasteiger partial charge in [0, 0.05) is 17.3 Å². The lowest BCUT2D eigenvalue weighted by atomic mass is 9.33. The van der Waals surface area contributed by atoms with Gasteiger partial charge in [-0.3, -0.25) is 4.79 Å². The first-order chi connectivity index (χ1) is 20.3. The molecule has 4 saturated carbocycles. The van der Waals surface area contributed by atoms with Crippen LogP contribution in [0.1, 0.15) is 107 Å². The molecule has 0 spiro atoms. The third-order valence-corrected chi connectivity index (χ3v) is 15.1. The molecule has 0 radical (unpaired) electrons. The maximum Gasteiger partial charge on any atom is 0.186 e. The Morgan fingerprint density at radius 2 is 1.57 bits per heavy atom. The van der Waals surface area contributed by atoms with E-state index in [1.807, 2.05) is 0 Å². The lowest BCUT2D eigenvalue weighted by Crippen LogP contribution is -2.68. The van der Waals surface area contributed by atoms with E-state index >= 15 is 0 Å². The molecule has 1 aliphatic heterocycles. The van der Waals surface area contributed by atoms with Crippen molar-refractivity contribution in [3.63, 3.8) is 0 Å². The maximum atomic E-state index is 14.9. The highest BCUT2D eigenvalue weighted by molar-refractivity contribution is 5.91. The monoisotopic (exact) mass is 618 g/mol. The summed E-state index contributed by atoms with van der Waals surface area (Å²) in [5, 5.41) is 53.2. The Morgan fingerprint density at radius 1 is 0.886 bits per heavy atom. The van der Waals surface area contributed by atoms with E-state index in [4.69, 9.17) is 9.47 Å². The number of hydrogen-bond donors (Lipinski definition) is 5. The number of Topliss-reactive ketones (excluding diaryl/α,β-unsaturated/α-hetero) is 1. The van der Waals surface area contributed by atoms with Crippen LogP contribution in [0.25, 0.3) is 0 Å². The molecule has 0 aromatic carbocycles. The molecule has 5 N–H and O–H groups in total. The molecule has 1 heterocycles. The Hall–Kier alpha value is -0.870. The molecule has 5 fully saturated rings. The third kappa shape index (κ3) is 4.23. The summed E-state index contributed by atoms with van der Waals surface area (Å²) < 4.78 is 12.5. The molecule has 0 aromatic heterocycles. The summed E-state index contributed by atoms with van der Waals surface area (Å²) in [6.45, 7) is 17.3. The number of aliphatic hydroxyl groups excluding tert-OH is 5. The summed E-state index contributed by atoms with van der Waals surface area (Å²) in [6.07, 6.45) is 1.95. The summed E-state index contributed by atoms with van der Waals surface area (Å²) in [4.78, 5) is 14.9. The van der Waals surface area contributed by atoms with E-state index in [-0.39, 0.29) is 52.5 Å². The van der Waals surface area contributed by atoms with Crippen molar-refractivity contribution in [3.05, 3.63) is 11.6 Å². The predicted octanol–water partition coefficient (Wildman–Crippen LogP) is 4.14. The van der Waals surface area contributed by atoms with Crippen LogP contribution in [0.3, 0.4) is 0 Å².